The van der Waals surface area contributed by atoms with E-state index in [1.165, 1.54) is 17.7 Å². The summed E-state index contributed by atoms with van der Waals surface area (Å²) in [6.45, 7) is 1.57. The Hall–Kier alpha value is -2.61. The maximum atomic E-state index is 12.1. The number of anilines is 2. The second-order valence-corrected chi connectivity index (χ2v) is 6.34. The number of pyridine rings is 1. The van der Waals surface area contributed by atoms with Gasteiger partial charge in [-0.1, -0.05) is 6.07 Å². The van der Waals surface area contributed by atoms with E-state index in [0.717, 1.165) is 28.9 Å². The van der Waals surface area contributed by atoms with E-state index in [1.54, 1.807) is 13.2 Å². The van der Waals surface area contributed by atoms with Crippen LogP contribution in [-0.2, 0) is 20.5 Å². The van der Waals surface area contributed by atoms with Crippen LogP contribution in [0.25, 0.3) is 0 Å². The van der Waals surface area contributed by atoms with Crippen LogP contribution in [-0.4, -0.2) is 45.0 Å². The highest BCUT2D eigenvalue weighted by molar-refractivity contribution is 5.43. The van der Waals surface area contributed by atoms with E-state index in [0.29, 0.717) is 18.8 Å². The molecule has 25 heavy (non-hydrogen) atoms. The summed E-state index contributed by atoms with van der Waals surface area (Å²) in [6.07, 6.45) is 3.25. The van der Waals surface area contributed by atoms with Gasteiger partial charge in [0.25, 0.3) is 5.56 Å². The Labute approximate surface area is 145 Å². The number of aliphatic hydroxyl groups excluding tert-OH is 1. The molecule has 1 aliphatic heterocycles. The molecule has 3 rings (SSSR count). The normalized spacial score (nSPS) is 17.1. The molecule has 0 amide bonds. The van der Waals surface area contributed by atoms with E-state index in [1.807, 2.05) is 17.0 Å². The molecule has 0 bridgehead atoms. The zero-order valence-corrected chi connectivity index (χ0v) is 14.5. The molecule has 2 N–H and O–H groups in total. The molecule has 0 spiro atoms. The lowest BCUT2D eigenvalue weighted by molar-refractivity contribution is 0.299. The van der Waals surface area contributed by atoms with Gasteiger partial charge in [-0.25, -0.2) is 9.78 Å². The Morgan fingerprint density at radius 2 is 2.08 bits per heavy atom. The Balaban J connectivity index is 1.70. The summed E-state index contributed by atoms with van der Waals surface area (Å²) in [6, 6.07) is 5.55. The summed E-state index contributed by atoms with van der Waals surface area (Å²) in [5.41, 5.74) is 0.381. The highest BCUT2D eigenvalue weighted by Gasteiger charge is 2.25. The van der Waals surface area contributed by atoms with Crippen LogP contribution in [0.2, 0.25) is 0 Å². The predicted octanol–water partition coefficient (Wildman–Crippen LogP) is -0.295. The lowest BCUT2D eigenvalue weighted by Crippen LogP contribution is -2.40. The Kier molecular flexibility index (Phi) is 4.89. The van der Waals surface area contributed by atoms with E-state index < -0.39 is 0 Å². The van der Waals surface area contributed by atoms with Crippen LogP contribution in [0, 0.1) is 0 Å². The fourth-order valence-electron chi connectivity index (χ4n) is 3.11. The number of aromatic nitrogens is 3. The maximum absolute atomic E-state index is 12.1. The highest BCUT2D eigenvalue weighted by atomic mass is 16.3. The molecule has 8 nitrogen and oxygen atoms in total. The summed E-state index contributed by atoms with van der Waals surface area (Å²) < 4.78 is 2.61. The minimum atomic E-state index is -0.319. The number of nitrogens with one attached hydrogen (secondary N) is 1. The largest absolute Gasteiger partial charge is 0.396 e. The molecule has 1 aliphatic rings. The molecule has 134 valence electrons. The van der Waals surface area contributed by atoms with Crippen molar-refractivity contribution < 1.29 is 5.11 Å². The second kappa shape index (κ2) is 7.10. The minimum Gasteiger partial charge on any atom is -0.396 e. The van der Waals surface area contributed by atoms with Crippen molar-refractivity contribution in [2.75, 3.05) is 29.9 Å². The monoisotopic (exact) mass is 345 g/mol. The van der Waals surface area contributed by atoms with Crippen LogP contribution in [0.15, 0.2) is 34.0 Å². The minimum absolute atomic E-state index is 0.112. The SMILES string of the molecule is Cn1c(N2CC[C@@H](Nc3ccc(CCO)cn3)C2)cc(=O)n(C)c1=O. The fourth-order valence-corrected chi connectivity index (χ4v) is 3.11. The topological polar surface area (TPSA) is 92.4 Å². The molecule has 2 aromatic heterocycles. The molecule has 0 radical (unpaired) electrons. The van der Waals surface area contributed by atoms with Gasteiger partial charge in [0.1, 0.15) is 11.6 Å². The van der Waals surface area contributed by atoms with Gasteiger partial charge in [0, 0.05) is 52.1 Å². The van der Waals surface area contributed by atoms with Gasteiger partial charge in [-0.05, 0) is 24.5 Å². The Bertz CT molecular complexity index is 856. The average Bonchev–Trinajstić information content (AvgIpc) is 3.06. The number of rotatable bonds is 5. The highest BCUT2D eigenvalue weighted by Crippen LogP contribution is 2.20. The predicted molar refractivity (Wildman–Crippen MR) is 96.2 cm³/mol. The van der Waals surface area contributed by atoms with Gasteiger partial charge >= 0.3 is 5.69 Å². The van der Waals surface area contributed by atoms with Crippen LogP contribution < -0.4 is 21.5 Å². The number of hydrogen-bond acceptors (Lipinski definition) is 6. The molecule has 8 heteroatoms. The Morgan fingerprint density at radius 3 is 2.76 bits per heavy atom. The molecular weight excluding hydrogens is 322 g/mol. The van der Waals surface area contributed by atoms with Crippen LogP contribution in [0.3, 0.4) is 0 Å². The van der Waals surface area contributed by atoms with Crippen LogP contribution in [0.1, 0.15) is 12.0 Å². The summed E-state index contributed by atoms with van der Waals surface area (Å²) in [5.74, 6) is 1.43. The van der Waals surface area contributed by atoms with Crippen molar-refractivity contribution in [2.24, 2.45) is 14.1 Å². The first-order valence-corrected chi connectivity index (χ1v) is 8.34. The molecule has 1 atom stereocenters. The van der Waals surface area contributed by atoms with Gasteiger partial charge in [0.15, 0.2) is 0 Å². The molecule has 0 unspecified atom stereocenters. The van der Waals surface area contributed by atoms with E-state index in [9.17, 15) is 9.59 Å². The van der Waals surface area contributed by atoms with Gasteiger partial charge < -0.3 is 15.3 Å². The van der Waals surface area contributed by atoms with Gasteiger partial charge in [-0.15, -0.1) is 0 Å². The first-order valence-electron chi connectivity index (χ1n) is 8.34. The summed E-state index contributed by atoms with van der Waals surface area (Å²) in [7, 11) is 3.16. The maximum Gasteiger partial charge on any atom is 0.332 e. The molecule has 0 aromatic carbocycles. The van der Waals surface area contributed by atoms with Crippen LogP contribution in [0.4, 0.5) is 11.6 Å². The van der Waals surface area contributed by atoms with Crippen molar-refractivity contribution in [1.29, 1.82) is 0 Å². The van der Waals surface area contributed by atoms with Crippen molar-refractivity contribution >= 4 is 11.6 Å². The Morgan fingerprint density at radius 1 is 1.28 bits per heavy atom. The average molecular weight is 345 g/mol. The van der Waals surface area contributed by atoms with Crippen LogP contribution >= 0.6 is 0 Å². The molecular formula is C17H23N5O3. The first kappa shape index (κ1) is 17.2. The molecule has 3 heterocycles. The van der Waals surface area contributed by atoms with Crippen molar-refractivity contribution in [3.05, 3.63) is 50.8 Å². The third-order valence-corrected chi connectivity index (χ3v) is 4.59. The van der Waals surface area contributed by atoms with E-state index in [2.05, 4.69) is 10.3 Å². The third kappa shape index (κ3) is 3.58. The van der Waals surface area contributed by atoms with E-state index in [4.69, 9.17) is 5.11 Å². The van der Waals surface area contributed by atoms with E-state index in [-0.39, 0.29) is 23.9 Å². The number of aliphatic hydroxyl groups is 1. The molecule has 0 aliphatic carbocycles. The first-order chi connectivity index (χ1) is 12.0. The van der Waals surface area contributed by atoms with Gasteiger partial charge in [-0.2, -0.15) is 0 Å². The van der Waals surface area contributed by atoms with Crippen molar-refractivity contribution in [1.82, 2.24) is 14.1 Å². The number of hydrogen-bond donors (Lipinski definition) is 2. The van der Waals surface area contributed by atoms with Crippen molar-refractivity contribution in [3.8, 4) is 0 Å². The molecule has 2 aromatic rings. The molecule has 1 fully saturated rings. The number of nitrogens with zero attached hydrogens (tertiary/aromatic N) is 4. The fraction of sp³-hybridized carbons (Fsp3) is 0.471. The summed E-state index contributed by atoms with van der Waals surface area (Å²) in [5, 5.41) is 12.3. The lowest BCUT2D eigenvalue weighted by atomic mass is 10.2. The third-order valence-electron chi connectivity index (χ3n) is 4.59. The van der Waals surface area contributed by atoms with Gasteiger partial charge in [0.2, 0.25) is 0 Å². The standard InChI is InChI=1S/C17H23N5O3/c1-20-15(9-16(24)21(2)17(20)25)22-7-5-13(11-22)19-14-4-3-12(6-8-23)10-18-14/h3-4,9-10,13,23H,5-8,11H2,1-2H3,(H,18,19)/t13-/m1/s1. The lowest BCUT2D eigenvalue weighted by Gasteiger charge is -2.21. The molecule has 1 saturated heterocycles. The quantitative estimate of drug-likeness (QED) is 0.773. The van der Waals surface area contributed by atoms with Gasteiger partial charge in [0.05, 0.1) is 0 Å². The summed E-state index contributed by atoms with van der Waals surface area (Å²) in [4.78, 5) is 30.4. The summed E-state index contributed by atoms with van der Waals surface area (Å²) >= 11 is 0. The zero-order chi connectivity index (χ0) is 18.0. The molecule has 0 saturated carbocycles. The van der Waals surface area contributed by atoms with E-state index >= 15 is 0 Å². The smallest absolute Gasteiger partial charge is 0.332 e. The van der Waals surface area contributed by atoms with Crippen molar-refractivity contribution in [2.45, 2.75) is 18.9 Å². The van der Waals surface area contributed by atoms with Crippen molar-refractivity contribution in [3.63, 3.8) is 0 Å². The van der Waals surface area contributed by atoms with Crippen LogP contribution in [0.5, 0.6) is 0 Å². The van der Waals surface area contributed by atoms with Gasteiger partial charge in [-0.3, -0.25) is 13.9 Å². The zero-order valence-electron chi connectivity index (χ0n) is 14.5. The second-order valence-electron chi connectivity index (χ2n) is 6.34.